The zero-order valence-corrected chi connectivity index (χ0v) is 11.1. The van der Waals surface area contributed by atoms with Crippen LogP contribution in [0, 0.1) is 23.5 Å². The van der Waals surface area contributed by atoms with Gasteiger partial charge in [-0.05, 0) is 6.07 Å². The summed E-state index contributed by atoms with van der Waals surface area (Å²) in [5, 5.41) is 11.9. The van der Waals surface area contributed by atoms with E-state index in [9.17, 15) is 17.2 Å². The molecular formula is C12H8F2N2O4S. The first-order valence-corrected chi connectivity index (χ1v) is 6.94. The lowest BCUT2D eigenvalue weighted by Crippen LogP contribution is -2.16. The Balaban J connectivity index is 2.56. The van der Waals surface area contributed by atoms with Crippen molar-refractivity contribution in [2.24, 2.45) is 0 Å². The molecule has 21 heavy (non-hydrogen) atoms. The summed E-state index contributed by atoms with van der Waals surface area (Å²) >= 11 is 0. The fourth-order valence-electron chi connectivity index (χ4n) is 1.51. The highest BCUT2D eigenvalue weighted by Gasteiger charge is 2.25. The average Bonchev–Trinajstić information content (AvgIpc) is 2.86. The molecule has 0 radical (unpaired) electrons. The van der Waals surface area contributed by atoms with E-state index in [-0.39, 0.29) is 5.82 Å². The van der Waals surface area contributed by atoms with Gasteiger partial charge in [-0.1, -0.05) is 17.0 Å². The number of benzene rings is 1. The number of anilines is 1. The molecule has 0 aliphatic carbocycles. The number of rotatable bonds is 3. The molecule has 0 saturated heterocycles. The maximum atomic E-state index is 13.8. The molecule has 1 heterocycles. The Kier molecular flexibility index (Phi) is 4.21. The standard InChI is InChI=1S/C12H8F2N2O4S/c13-9-6-8(2-1-4-17)12(10(14)7-9)21(18,19)16-11-3-5-20-15-11/h3,5-7,17H,4H2,(H,15,16). The largest absolute Gasteiger partial charge is 0.384 e. The number of hydrogen-bond donors (Lipinski definition) is 2. The summed E-state index contributed by atoms with van der Waals surface area (Å²) < 4.78 is 57.7. The van der Waals surface area contributed by atoms with Crippen LogP contribution in [0.2, 0.25) is 0 Å². The number of halogens is 2. The van der Waals surface area contributed by atoms with Crippen LogP contribution < -0.4 is 4.72 Å². The Morgan fingerprint density at radius 3 is 2.76 bits per heavy atom. The van der Waals surface area contributed by atoms with E-state index >= 15 is 0 Å². The van der Waals surface area contributed by atoms with Crippen LogP contribution in [0.1, 0.15) is 5.56 Å². The first-order valence-electron chi connectivity index (χ1n) is 5.46. The van der Waals surface area contributed by atoms with Gasteiger partial charge in [-0.25, -0.2) is 17.2 Å². The molecule has 0 fully saturated rings. The van der Waals surface area contributed by atoms with E-state index in [4.69, 9.17) is 5.11 Å². The van der Waals surface area contributed by atoms with E-state index < -0.39 is 38.7 Å². The lowest BCUT2D eigenvalue weighted by Gasteiger charge is -2.08. The van der Waals surface area contributed by atoms with Crippen LogP contribution in [0.5, 0.6) is 0 Å². The normalized spacial score (nSPS) is 10.8. The highest BCUT2D eigenvalue weighted by atomic mass is 32.2. The Labute approximate surface area is 118 Å². The van der Waals surface area contributed by atoms with Gasteiger partial charge in [0.25, 0.3) is 10.0 Å². The number of nitrogens with one attached hydrogen (secondary N) is 1. The second-order valence-corrected chi connectivity index (χ2v) is 5.33. The summed E-state index contributed by atoms with van der Waals surface area (Å²) in [6.45, 7) is -0.589. The summed E-state index contributed by atoms with van der Waals surface area (Å²) in [4.78, 5) is -0.840. The molecule has 0 spiro atoms. The third-order valence-corrected chi connectivity index (χ3v) is 3.69. The minimum atomic E-state index is -4.39. The fraction of sp³-hybridized carbons (Fsp3) is 0.0833. The topological polar surface area (TPSA) is 92.4 Å². The molecule has 0 aliphatic rings. The molecule has 2 N–H and O–H groups in total. The number of hydrogen-bond acceptors (Lipinski definition) is 5. The number of aliphatic hydroxyl groups excluding tert-OH is 1. The van der Waals surface area contributed by atoms with Crippen molar-refractivity contribution in [2.75, 3.05) is 11.3 Å². The van der Waals surface area contributed by atoms with E-state index in [0.717, 1.165) is 12.3 Å². The van der Waals surface area contributed by atoms with Crippen molar-refractivity contribution in [1.29, 1.82) is 0 Å². The van der Waals surface area contributed by atoms with Crippen molar-refractivity contribution in [2.45, 2.75) is 4.90 Å². The van der Waals surface area contributed by atoms with E-state index in [2.05, 4.69) is 21.5 Å². The number of sulfonamides is 1. The molecule has 0 unspecified atom stereocenters. The Morgan fingerprint density at radius 1 is 1.38 bits per heavy atom. The lowest BCUT2D eigenvalue weighted by atomic mass is 10.2. The summed E-state index contributed by atoms with van der Waals surface area (Å²) in [7, 11) is -4.39. The first-order chi connectivity index (χ1) is 9.94. The third-order valence-electron chi connectivity index (χ3n) is 2.26. The lowest BCUT2D eigenvalue weighted by molar-refractivity contribution is 0.350. The molecule has 0 amide bonds. The van der Waals surface area contributed by atoms with Gasteiger partial charge in [-0.15, -0.1) is 0 Å². The van der Waals surface area contributed by atoms with Gasteiger partial charge in [-0.3, -0.25) is 4.72 Å². The fourth-order valence-corrected chi connectivity index (χ4v) is 2.71. The van der Waals surface area contributed by atoms with Gasteiger partial charge < -0.3 is 9.63 Å². The predicted molar refractivity (Wildman–Crippen MR) is 67.6 cm³/mol. The molecule has 0 atom stereocenters. The maximum Gasteiger partial charge on any atom is 0.267 e. The Hall–Kier alpha value is -2.44. The first kappa shape index (κ1) is 15.0. The molecule has 1 aromatic carbocycles. The van der Waals surface area contributed by atoms with E-state index in [1.807, 2.05) is 4.72 Å². The quantitative estimate of drug-likeness (QED) is 0.828. The molecule has 0 bridgehead atoms. The van der Waals surface area contributed by atoms with Crippen LogP contribution in [0.4, 0.5) is 14.6 Å². The van der Waals surface area contributed by atoms with Gasteiger partial charge >= 0.3 is 0 Å². The third kappa shape index (κ3) is 3.36. The van der Waals surface area contributed by atoms with Crippen molar-refractivity contribution < 1.29 is 26.8 Å². The number of aliphatic hydroxyl groups is 1. The van der Waals surface area contributed by atoms with E-state index in [1.54, 1.807) is 0 Å². The van der Waals surface area contributed by atoms with Crippen LogP contribution in [-0.2, 0) is 10.0 Å². The predicted octanol–water partition coefficient (Wildman–Crippen LogP) is 1.10. The zero-order chi connectivity index (χ0) is 15.5. The molecule has 2 rings (SSSR count). The molecule has 0 aliphatic heterocycles. The van der Waals surface area contributed by atoms with Crippen molar-refractivity contribution in [1.82, 2.24) is 5.16 Å². The van der Waals surface area contributed by atoms with Gasteiger partial charge in [0, 0.05) is 12.1 Å². The highest BCUT2D eigenvalue weighted by Crippen LogP contribution is 2.23. The van der Waals surface area contributed by atoms with Gasteiger partial charge in [0.2, 0.25) is 0 Å². The van der Waals surface area contributed by atoms with Crippen LogP contribution in [0.3, 0.4) is 0 Å². The SMILES string of the molecule is O=S(=O)(Nc1ccon1)c1c(F)cc(F)cc1C#CCO. The van der Waals surface area contributed by atoms with Crippen molar-refractivity contribution in [3.8, 4) is 11.8 Å². The second-order valence-electron chi connectivity index (χ2n) is 3.71. The minimum Gasteiger partial charge on any atom is -0.384 e. The molecule has 110 valence electrons. The average molecular weight is 314 g/mol. The van der Waals surface area contributed by atoms with Gasteiger partial charge in [-0.2, -0.15) is 0 Å². The molecular weight excluding hydrogens is 306 g/mol. The smallest absolute Gasteiger partial charge is 0.267 e. The minimum absolute atomic E-state index is 0.167. The van der Waals surface area contributed by atoms with Gasteiger partial charge in [0.1, 0.15) is 29.4 Å². The van der Waals surface area contributed by atoms with Crippen molar-refractivity contribution >= 4 is 15.8 Å². The summed E-state index contributed by atoms with van der Waals surface area (Å²) in [5.41, 5.74) is -0.419. The molecule has 1 aromatic heterocycles. The molecule has 9 heteroatoms. The molecule has 6 nitrogen and oxygen atoms in total. The van der Waals surface area contributed by atoms with Gasteiger partial charge in [0.05, 0.1) is 5.56 Å². The summed E-state index contributed by atoms with van der Waals surface area (Å²) in [5.74, 6) is 1.85. The van der Waals surface area contributed by atoms with Crippen LogP contribution >= 0.6 is 0 Å². The van der Waals surface area contributed by atoms with Crippen LogP contribution in [0.25, 0.3) is 0 Å². The van der Waals surface area contributed by atoms with Crippen molar-refractivity contribution in [3.05, 3.63) is 41.7 Å². The molecule has 0 saturated carbocycles. The zero-order valence-electron chi connectivity index (χ0n) is 10.3. The monoisotopic (exact) mass is 314 g/mol. The maximum absolute atomic E-state index is 13.8. The van der Waals surface area contributed by atoms with Crippen LogP contribution in [-0.4, -0.2) is 25.3 Å². The Bertz CT molecular complexity index is 808. The molecule has 2 aromatic rings. The Morgan fingerprint density at radius 2 is 2.14 bits per heavy atom. The number of nitrogens with zero attached hydrogens (tertiary/aromatic N) is 1. The summed E-state index contributed by atoms with van der Waals surface area (Å²) in [6, 6.07) is 2.38. The van der Waals surface area contributed by atoms with Gasteiger partial charge in [0.15, 0.2) is 5.82 Å². The van der Waals surface area contributed by atoms with Crippen LogP contribution in [0.15, 0.2) is 33.9 Å². The van der Waals surface area contributed by atoms with E-state index in [1.165, 1.54) is 6.07 Å². The highest BCUT2D eigenvalue weighted by molar-refractivity contribution is 7.92. The summed E-state index contributed by atoms with van der Waals surface area (Å²) in [6.07, 6.45) is 1.12. The second kappa shape index (κ2) is 5.90. The van der Waals surface area contributed by atoms with Crippen molar-refractivity contribution in [3.63, 3.8) is 0 Å². The number of aromatic nitrogens is 1. The van der Waals surface area contributed by atoms with E-state index in [0.29, 0.717) is 6.07 Å².